The summed E-state index contributed by atoms with van der Waals surface area (Å²) in [4.78, 5) is 111. The summed E-state index contributed by atoms with van der Waals surface area (Å²) in [5.41, 5.74) is 24.4. The Labute approximate surface area is 714 Å². The highest BCUT2D eigenvalue weighted by Crippen LogP contribution is 2.33. The molecule has 602 valence electrons. The second-order valence-electron chi connectivity index (χ2n) is 23.8. The Bertz CT molecular complexity index is 5510. The lowest BCUT2D eigenvalue weighted by Gasteiger charge is -2.23. The summed E-state index contributed by atoms with van der Waals surface area (Å²) in [5, 5.41) is 11.8. The van der Waals surface area contributed by atoms with Crippen molar-refractivity contribution in [3.05, 3.63) is 345 Å². The number of hydroxylamine groups is 1. The van der Waals surface area contributed by atoms with Crippen molar-refractivity contribution in [2.75, 3.05) is 51.4 Å². The van der Waals surface area contributed by atoms with Crippen LogP contribution < -0.4 is 42.7 Å². The van der Waals surface area contributed by atoms with Gasteiger partial charge in [0, 0.05) is 135 Å². The summed E-state index contributed by atoms with van der Waals surface area (Å²) >= 11 is 13.3. The molecule has 9 N–H and O–H groups in total. The molecular formula is C82H71Br4F2N25O6. The normalized spacial score (nSPS) is 10.1. The molecule has 0 radical (unpaired) electrons. The molecule has 15 aromatic rings. The topological polar surface area (TPSA) is 421 Å². The predicted octanol–water partition coefficient (Wildman–Crippen LogP) is 16.3. The maximum absolute atomic E-state index is 13.9. The zero-order valence-electron chi connectivity index (χ0n) is 62.1. The molecule has 0 saturated heterocycles. The van der Waals surface area contributed by atoms with Crippen molar-refractivity contribution < 1.29 is 37.8 Å². The molecule has 0 fully saturated rings. The Balaban J connectivity index is 0.000000174. The minimum atomic E-state index is -0.598. The molecule has 15 rings (SSSR count). The maximum atomic E-state index is 13.9. The van der Waals surface area contributed by atoms with Gasteiger partial charge in [-0.15, -0.1) is 0 Å². The number of nitrogens with two attached hydrogens (primary N) is 3. The molecule has 0 atom stereocenters. The monoisotopic (exact) mass is 1860 g/mol. The lowest BCUT2D eigenvalue weighted by molar-refractivity contribution is 0.0592. The van der Waals surface area contributed by atoms with Crippen molar-refractivity contribution in [1.82, 2.24) is 90.2 Å². The van der Waals surface area contributed by atoms with Crippen LogP contribution in [0.4, 0.5) is 72.8 Å². The van der Waals surface area contributed by atoms with Crippen molar-refractivity contribution in [1.29, 1.82) is 0 Å². The number of benzene rings is 3. The molecule has 0 saturated carbocycles. The van der Waals surface area contributed by atoms with Crippen LogP contribution in [0.5, 0.6) is 0 Å². The molecule has 0 bridgehead atoms. The molecule has 0 unspecified atom stereocenters. The smallest absolute Gasteiger partial charge is 0.337 e. The van der Waals surface area contributed by atoms with Gasteiger partial charge in [0.1, 0.15) is 39.5 Å². The molecule has 12 heterocycles. The van der Waals surface area contributed by atoms with E-state index in [9.17, 15) is 23.2 Å². The number of aromatic nitrogens is 17. The molecule has 0 aliphatic carbocycles. The number of carbonyl (C=O) groups is 3. The Morgan fingerprint density at radius 1 is 0.370 bits per heavy atom. The maximum Gasteiger partial charge on any atom is 0.337 e. The number of carbonyl (C=O) groups excluding carboxylic acids is 3. The van der Waals surface area contributed by atoms with Gasteiger partial charge in [-0.3, -0.25) is 34.9 Å². The number of anilines is 11. The minimum Gasteiger partial charge on any atom is -0.465 e. The zero-order valence-corrected chi connectivity index (χ0v) is 68.5. The van der Waals surface area contributed by atoms with Gasteiger partial charge in [-0.05, 0) is 153 Å². The van der Waals surface area contributed by atoms with Crippen molar-refractivity contribution in [3.63, 3.8) is 0 Å². The van der Waals surface area contributed by atoms with Gasteiger partial charge < -0.3 is 46.7 Å². The Morgan fingerprint density at radius 2 is 0.731 bits per heavy atom. The first kappa shape index (κ1) is 88.8. The third kappa shape index (κ3) is 27.5. The number of hydrogen-bond donors (Lipinski definition) is 6. The van der Waals surface area contributed by atoms with Crippen LogP contribution in [0.15, 0.2) is 300 Å². The highest BCUT2D eigenvalue weighted by Gasteiger charge is 2.20. The Kier molecular flexibility index (Phi) is 34.2. The highest BCUT2D eigenvalue weighted by molar-refractivity contribution is 9.11. The van der Waals surface area contributed by atoms with E-state index in [0.717, 1.165) is 51.9 Å². The van der Waals surface area contributed by atoms with Gasteiger partial charge in [0.15, 0.2) is 40.7 Å². The minimum absolute atomic E-state index is 0. The van der Waals surface area contributed by atoms with E-state index in [-0.39, 0.29) is 25.0 Å². The fourth-order valence-electron chi connectivity index (χ4n) is 10.1. The molecule has 0 aliphatic rings. The van der Waals surface area contributed by atoms with E-state index < -0.39 is 23.5 Å². The molecule has 3 aromatic carbocycles. The quantitative estimate of drug-likeness (QED) is 0.0189. The fraction of sp³-hybridized carbons (Fsp3) is 0.0732. The number of nitrogen functional groups attached to an aromatic ring is 3. The van der Waals surface area contributed by atoms with Crippen molar-refractivity contribution in [3.8, 4) is 22.3 Å². The SMILES string of the molecule is Brc1ccnc(Br)c1.Brc1ccnc(Nc2cnccn2)c1.C.COC(=O)c1ccc(CN(c2cnccn2)c2cc(-c3cnc(N)c(F)c3)ccn2)cc1.COC(=O)c1ccc(CN(c2cnccn2)c2cc(Br)ccn2)cc1.Nc1cnccn1.Nc1ncc(-c2ccnc(N(Cc3ccc(C(=O)NO)cc3)c3cnccn3)c2)cc1F. The van der Waals surface area contributed by atoms with E-state index in [1.165, 1.54) is 44.9 Å². The van der Waals surface area contributed by atoms with E-state index >= 15 is 0 Å². The lowest BCUT2D eigenvalue weighted by Crippen LogP contribution is -2.20. The van der Waals surface area contributed by atoms with Crippen LogP contribution in [0, 0.1) is 11.6 Å². The predicted molar refractivity (Wildman–Crippen MR) is 461 cm³/mol. The van der Waals surface area contributed by atoms with Gasteiger partial charge in [0.25, 0.3) is 5.91 Å². The lowest BCUT2D eigenvalue weighted by atomic mass is 10.1. The molecular weight excluding hydrogens is 1790 g/mol. The summed E-state index contributed by atoms with van der Waals surface area (Å²) < 4.78 is 41.1. The molecule has 0 spiro atoms. The first-order valence-corrected chi connectivity index (χ1v) is 37.8. The molecule has 119 heavy (non-hydrogen) atoms. The van der Waals surface area contributed by atoms with Crippen molar-refractivity contribution >= 4 is 146 Å². The van der Waals surface area contributed by atoms with E-state index in [4.69, 9.17) is 31.9 Å². The molecule has 0 aliphatic heterocycles. The van der Waals surface area contributed by atoms with Crippen LogP contribution in [0.1, 0.15) is 55.2 Å². The molecule has 12 aromatic heterocycles. The second kappa shape index (κ2) is 45.8. The van der Waals surface area contributed by atoms with Gasteiger partial charge in [-0.2, -0.15) is 0 Å². The van der Waals surface area contributed by atoms with Crippen molar-refractivity contribution in [2.45, 2.75) is 27.1 Å². The second-order valence-corrected chi connectivity index (χ2v) is 27.3. The van der Waals surface area contributed by atoms with E-state index in [0.29, 0.717) is 93.7 Å². The number of ether oxygens (including phenoxy) is 2. The zero-order chi connectivity index (χ0) is 83.6. The van der Waals surface area contributed by atoms with Crippen LogP contribution in [-0.2, 0) is 29.1 Å². The fourth-order valence-corrected chi connectivity index (χ4v) is 11.8. The number of nitrogens with one attached hydrogen (secondary N) is 2. The highest BCUT2D eigenvalue weighted by atomic mass is 79.9. The average molecular weight is 1860 g/mol. The van der Waals surface area contributed by atoms with Gasteiger partial charge >= 0.3 is 11.9 Å². The van der Waals surface area contributed by atoms with Crippen LogP contribution in [-0.4, -0.2) is 122 Å². The largest absolute Gasteiger partial charge is 0.465 e. The number of methoxy groups -OCH3 is 2. The van der Waals surface area contributed by atoms with Crippen LogP contribution in [0.2, 0.25) is 0 Å². The number of esters is 2. The van der Waals surface area contributed by atoms with Gasteiger partial charge in [-0.25, -0.2) is 83.7 Å². The number of pyridine rings is 7. The summed E-state index contributed by atoms with van der Waals surface area (Å²) in [6, 6.07) is 42.1. The van der Waals surface area contributed by atoms with E-state index in [2.05, 4.69) is 154 Å². The number of nitrogens with zero attached hydrogens (tertiary/aromatic N) is 20. The van der Waals surface area contributed by atoms with Crippen molar-refractivity contribution in [2.24, 2.45) is 0 Å². The molecule has 1 amide bonds. The number of hydrogen-bond acceptors (Lipinski definition) is 30. The van der Waals surface area contributed by atoms with Gasteiger partial charge in [0.05, 0.1) is 76.0 Å². The van der Waals surface area contributed by atoms with Crippen LogP contribution in [0.3, 0.4) is 0 Å². The Hall–Kier alpha value is -14.1. The number of amides is 1. The third-order valence-corrected chi connectivity index (χ3v) is 17.7. The number of halogens is 6. The molecule has 31 nitrogen and oxygen atoms in total. The van der Waals surface area contributed by atoms with E-state index in [1.54, 1.807) is 190 Å². The Morgan fingerprint density at radius 3 is 1.07 bits per heavy atom. The summed E-state index contributed by atoms with van der Waals surface area (Å²) in [5.74, 6) is 2.71. The summed E-state index contributed by atoms with van der Waals surface area (Å²) in [6.07, 6.45) is 35.4. The van der Waals surface area contributed by atoms with Gasteiger partial charge in [-0.1, -0.05) is 91.6 Å². The van der Waals surface area contributed by atoms with Crippen LogP contribution >= 0.6 is 63.7 Å². The van der Waals surface area contributed by atoms with Gasteiger partial charge in [0.2, 0.25) is 0 Å². The van der Waals surface area contributed by atoms with Crippen LogP contribution in [0.25, 0.3) is 22.3 Å². The summed E-state index contributed by atoms with van der Waals surface area (Å²) in [7, 11) is 2.71. The number of rotatable bonds is 19. The third-order valence-electron chi connectivity index (χ3n) is 15.8. The standard InChI is InChI=1S/C23H19FN6O2.C22H18FN7O2.C18H15BrN4O2.C9H7BrN4.C5H3Br2N.C4H5N3.CH4/c1-32-23(31)16-4-2-15(3-5-16)14-30(21-13-26-8-9-28-21)20-11-17(6-7-27-20)18-10-19(24)22(25)29-12-18;23-18-9-17(11-28-21(18)24)16-5-6-26-19(10-16)30(20-12-25-7-8-27-20)13-14-1-3-15(4-2-14)22(31)29-32;1-25-18(24)14-4-2-13(3-5-14)12-23(17-11-20-8-9-22-17)16-10-15(19)6-7-21-16;10-7-1-2-12-8(5-7)14-9-6-11-3-4-13-9;6-4-1-2-8-5(7)3-4;5-4-3-6-1-2-7-4;/h2-13H,14H2,1H3,(H2,25,29);1-12,32H,13H2,(H2,24,28)(H,29,31);2-11H,12H2,1H3;1-6H,(H,12,13,14);1-3H;1-3H,(H2,5,7);1H4. The summed E-state index contributed by atoms with van der Waals surface area (Å²) in [6.45, 7) is 1.30. The first-order valence-electron chi connectivity index (χ1n) is 34.6. The molecule has 37 heteroatoms. The van der Waals surface area contributed by atoms with E-state index in [1.807, 2.05) is 81.4 Å². The first-order chi connectivity index (χ1) is 57.3. The average Bonchev–Trinajstić information content (AvgIpc) is 0.744.